The molecule has 3 rings (SSSR count). The number of piperidine rings is 1. The Labute approximate surface area is 146 Å². The van der Waals surface area contributed by atoms with Crippen LogP contribution in [0.15, 0.2) is 30.3 Å². The summed E-state index contributed by atoms with van der Waals surface area (Å²) in [5, 5.41) is 0. The molecule has 24 heavy (non-hydrogen) atoms. The molecule has 0 radical (unpaired) electrons. The fourth-order valence-electron chi connectivity index (χ4n) is 4.29. The van der Waals surface area contributed by atoms with Crippen LogP contribution in [0, 0.1) is 17.8 Å². The standard InChI is InChI=1S/C18H29N3O2S/c1-14-8-15(2)11-20(10-14)24(22,23)21-12-17(9-19)18(13-21)16-6-4-3-5-7-16/h3-7,14-15,17-18H,8-13,19H2,1-2H3/t14?,15?,17-,18+/m1/s1. The van der Waals surface area contributed by atoms with Crippen molar-refractivity contribution >= 4 is 10.2 Å². The van der Waals surface area contributed by atoms with E-state index in [1.54, 1.807) is 8.61 Å². The van der Waals surface area contributed by atoms with Gasteiger partial charge in [-0.3, -0.25) is 0 Å². The van der Waals surface area contributed by atoms with Gasteiger partial charge in [0.05, 0.1) is 0 Å². The SMILES string of the molecule is CC1CC(C)CN(S(=O)(=O)N2C[C@@H](CN)[C@H](c3ccccc3)C2)C1. The summed E-state index contributed by atoms with van der Waals surface area (Å²) in [6.07, 6.45) is 1.10. The first kappa shape index (κ1) is 17.9. The topological polar surface area (TPSA) is 66.6 Å². The lowest BCUT2D eigenvalue weighted by Gasteiger charge is -2.36. The van der Waals surface area contributed by atoms with Crippen LogP contribution >= 0.6 is 0 Å². The van der Waals surface area contributed by atoms with Crippen molar-refractivity contribution in [3.8, 4) is 0 Å². The van der Waals surface area contributed by atoms with Gasteiger partial charge in [0.25, 0.3) is 10.2 Å². The smallest absolute Gasteiger partial charge is 0.282 e. The van der Waals surface area contributed by atoms with E-state index < -0.39 is 10.2 Å². The molecule has 1 aromatic carbocycles. The van der Waals surface area contributed by atoms with Crippen LogP contribution in [0.1, 0.15) is 31.7 Å². The molecule has 0 amide bonds. The highest BCUT2D eigenvalue weighted by atomic mass is 32.2. The second kappa shape index (κ2) is 7.12. The highest BCUT2D eigenvalue weighted by molar-refractivity contribution is 7.86. The summed E-state index contributed by atoms with van der Waals surface area (Å²) in [4.78, 5) is 0. The van der Waals surface area contributed by atoms with Gasteiger partial charge in [-0.1, -0.05) is 44.2 Å². The van der Waals surface area contributed by atoms with Crippen LogP contribution in [0.2, 0.25) is 0 Å². The number of rotatable bonds is 4. The van der Waals surface area contributed by atoms with E-state index >= 15 is 0 Å². The van der Waals surface area contributed by atoms with Crippen LogP contribution < -0.4 is 5.73 Å². The van der Waals surface area contributed by atoms with E-state index in [-0.39, 0.29) is 11.8 Å². The van der Waals surface area contributed by atoms with Gasteiger partial charge in [-0.25, -0.2) is 0 Å². The van der Waals surface area contributed by atoms with Crippen molar-refractivity contribution in [2.24, 2.45) is 23.5 Å². The zero-order valence-corrected chi connectivity index (χ0v) is 15.5. The molecule has 2 N–H and O–H groups in total. The normalized spacial score (nSPS) is 33.0. The molecule has 2 aliphatic rings. The van der Waals surface area contributed by atoms with Crippen molar-refractivity contribution in [2.75, 3.05) is 32.7 Å². The maximum absolute atomic E-state index is 13.1. The van der Waals surface area contributed by atoms with E-state index in [4.69, 9.17) is 5.73 Å². The molecule has 0 aliphatic carbocycles. The molecule has 5 nitrogen and oxygen atoms in total. The molecule has 0 aromatic heterocycles. The zero-order valence-electron chi connectivity index (χ0n) is 14.6. The van der Waals surface area contributed by atoms with Gasteiger partial charge < -0.3 is 5.73 Å². The molecule has 2 unspecified atom stereocenters. The van der Waals surface area contributed by atoms with Gasteiger partial charge in [-0.15, -0.1) is 0 Å². The minimum Gasteiger partial charge on any atom is -0.330 e. The molecular formula is C18H29N3O2S. The number of hydrogen-bond acceptors (Lipinski definition) is 3. The summed E-state index contributed by atoms with van der Waals surface area (Å²) in [5.41, 5.74) is 7.14. The van der Waals surface area contributed by atoms with E-state index in [2.05, 4.69) is 26.0 Å². The maximum atomic E-state index is 13.1. The third kappa shape index (κ3) is 3.52. The van der Waals surface area contributed by atoms with Gasteiger partial charge in [0.15, 0.2) is 0 Å². The molecule has 6 heteroatoms. The average molecular weight is 352 g/mol. The van der Waals surface area contributed by atoms with Crippen molar-refractivity contribution in [3.05, 3.63) is 35.9 Å². The third-order valence-electron chi connectivity index (χ3n) is 5.43. The fraction of sp³-hybridized carbons (Fsp3) is 0.667. The second-order valence-electron chi connectivity index (χ2n) is 7.60. The lowest BCUT2D eigenvalue weighted by atomic mass is 9.89. The zero-order chi connectivity index (χ0) is 17.3. The van der Waals surface area contributed by atoms with Crippen molar-refractivity contribution in [1.29, 1.82) is 0 Å². The van der Waals surface area contributed by atoms with Crippen LogP contribution in [-0.2, 0) is 10.2 Å². The van der Waals surface area contributed by atoms with E-state index in [1.165, 1.54) is 5.56 Å². The molecular weight excluding hydrogens is 322 g/mol. The quantitative estimate of drug-likeness (QED) is 0.901. The first-order valence-corrected chi connectivity index (χ1v) is 10.3. The largest absolute Gasteiger partial charge is 0.330 e. The Morgan fingerprint density at radius 2 is 1.58 bits per heavy atom. The predicted octanol–water partition coefficient (Wildman–Crippen LogP) is 1.88. The summed E-state index contributed by atoms with van der Waals surface area (Å²) in [6, 6.07) is 10.2. The molecule has 2 aliphatic heterocycles. The Kier molecular flexibility index (Phi) is 5.30. The Bertz CT molecular complexity index is 639. The van der Waals surface area contributed by atoms with E-state index in [0.717, 1.165) is 6.42 Å². The van der Waals surface area contributed by atoms with Gasteiger partial charge in [0.2, 0.25) is 0 Å². The minimum absolute atomic E-state index is 0.182. The van der Waals surface area contributed by atoms with Crippen LogP contribution in [-0.4, -0.2) is 49.8 Å². The number of hydrogen-bond donors (Lipinski definition) is 1. The number of benzene rings is 1. The van der Waals surface area contributed by atoms with Crippen LogP contribution in [0.4, 0.5) is 0 Å². The fourth-order valence-corrected chi connectivity index (χ4v) is 6.24. The van der Waals surface area contributed by atoms with Gasteiger partial charge >= 0.3 is 0 Å². The summed E-state index contributed by atoms with van der Waals surface area (Å²) >= 11 is 0. The first-order chi connectivity index (χ1) is 11.4. The van der Waals surface area contributed by atoms with Crippen LogP contribution in [0.25, 0.3) is 0 Å². The van der Waals surface area contributed by atoms with Crippen LogP contribution in [0.5, 0.6) is 0 Å². The second-order valence-corrected chi connectivity index (χ2v) is 9.53. The van der Waals surface area contributed by atoms with Crippen molar-refractivity contribution in [3.63, 3.8) is 0 Å². The Morgan fingerprint density at radius 3 is 2.17 bits per heavy atom. The summed E-state index contributed by atoms with van der Waals surface area (Å²) in [5.74, 6) is 1.20. The third-order valence-corrected chi connectivity index (χ3v) is 7.33. The molecule has 2 saturated heterocycles. The highest BCUT2D eigenvalue weighted by Crippen LogP contribution is 2.35. The Hall–Kier alpha value is -0.950. The Balaban J connectivity index is 1.79. The Morgan fingerprint density at radius 1 is 1.00 bits per heavy atom. The maximum Gasteiger partial charge on any atom is 0.282 e. The highest BCUT2D eigenvalue weighted by Gasteiger charge is 2.42. The molecule has 0 bridgehead atoms. The average Bonchev–Trinajstić information content (AvgIpc) is 3.00. The van der Waals surface area contributed by atoms with E-state index in [1.807, 2.05) is 18.2 Å². The van der Waals surface area contributed by atoms with E-state index in [0.29, 0.717) is 44.6 Å². The lowest BCUT2D eigenvalue weighted by Crippen LogP contribution is -2.49. The summed E-state index contributed by atoms with van der Waals surface area (Å²) < 4.78 is 29.6. The number of nitrogens with two attached hydrogens (primary N) is 1. The van der Waals surface area contributed by atoms with E-state index in [9.17, 15) is 8.42 Å². The predicted molar refractivity (Wildman–Crippen MR) is 96.7 cm³/mol. The monoisotopic (exact) mass is 351 g/mol. The van der Waals surface area contributed by atoms with Gasteiger partial charge in [0.1, 0.15) is 0 Å². The lowest BCUT2D eigenvalue weighted by molar-refractivity contribution is 0.211. The van der Waals surface area contributed by atoms with Gasteiger partial charge in [0, 0.05) is 32.1 Å². The van der Waals surface area contributed by atoms with Crippen molar-refractivity contribution < 1.29 is 8.42 Å². The summed E-state index contributed by atoms with van der Waals surface area (Å²) in [7, 11) is -3.40. The van der Waals surface area contributed by atoms with Gasteiger partial charge in [-0.05, 0) is 36.3 Å². The molecule has 4 atom stereocenters. The molecule has 2 fully saturated rings. The number of nitrogens with zero attached hydrogens (tertiary/aromatic N) is 2. The molecule has 134 valence electrons. The van der Waals surface area contributed by atoms with Crippen molar-refractivity contribution in [2.45, 2.75) is 26.2 Å². The molecule has 0 saturated carbocycles. The van der Waals surface area contributed by atoms with Gasteiger partial charge in [-0.2, -0.15) is 17.0 Å². The summed E-state index contributed by atoms with van der Waals surface area (Å²) in [6.45, 7) is 7.11. The molecule has 1 aromatic rings. The molecule has 0 spiro atoms. The first-order valence-electron chi connectivity index (χ1n) is 8.92. The minimum atomic E-state index is -3.40. The van der Waals surface area contributed by atoms with Crippen LogP contribution in [0.3, 0.4) is 0 Å². The molecule has 2 heterocycles. The van der Waals surface area contributed by atoms with Crippen molar-refractivity contribution in [1.82, 2.24) is 8.61 Å².